The summed E-state index contributed by atoms with van der Waals surface area (Å²) in [6.07, 6.45) is 1.40. The number of hydrogen-bond donors (Lipinski definition) is 1. The Labute approximate surface area is 138 Å². The van der Waals surface area contributed by atoms with E-state index in [-0.39, 0.29) is 11.3 Å². The molecule has 1 aliphatic rings. The van der Waals surface area contributed by atoms with Crippen molar-refractivity contribution in [1.82, 2.24) is 0 Å². The van der Waals surface area contributed by atoms with Crippen molar-refractivity contribution in [1.29, 1.82) is 0 Å². The Balaban J connectivity index is 2.66. The van der Waals surface area contributed by atoms with Gasteiger partial charge in [0, 0.05) is 22.9 Å². The van der Waals surface area contributed by atoms with Crippen molar-refractivity contribution >= 4 is 17.9 Å². The van der Waals surface area contributed by atoms with Gasteiger partial charge in [0.2, 0.25) is 0 Å². The minimum Gasteiger partial charge on any atom is -0.466 e. The lowest BCUT2D eigenvalue weighted by atomic mass is 9.76. The monoisotopic (exact) mass is 337 g/mol. The summed E-state index contributed by atoms with van der Waals surface area (Å²) < 4.78 is 35.0. The number of benzene rings is 1. The predicted molar refractivity (Wildman–Crippen MR) is 85.1 cm³/mol. The van der Waals surface area contributed by atoms with Crippen LogP contribution in [0.1, 0.15) is 25.3 Å². The molecule has 128 valence electrons. The van der Waals surface area contributed by atoms with E-state index in [1.165, 1.54) is 19.4 Å². The Morgan fingerprint density at radius 2 is 2.00 bits per heavy atom. The molecule has 2 atom stereocenters. The van der Waals surface area contributed by atoms with Crippen LogP contribution in [0, 0.1) is 5.92 Å². The highest BCUT2D eigenvalue weighted by atomic mass is 19.3. The van der Waals surface area contributed by atoms with Crippen molar-refractivity contribution < 1.29 is 28.5 Å². The van der Waals surface area contributed by atoms with Crippen LogP contribution in [0.25, 0.3) is 0 Å². The zero-order chi connectivity index (χ0) is 17.9. The van der Waals surface area contributed by atoms with Crippen LogP contribution in [0.2, 0.25) is 0 Å². The fraction of sp³-hybridized carbons (Fsp3) is 0.353. The highest BCUT2D eigenvalue weighted by molar-refractivity contribution is 6.03. The molecule has 2 N–H and O–H groups in total. The number of allylic oxidation sites excluding steroid dienone is 1. The number of nitrogens with two attached hydrogens (primary N) is 1. The van der Waals surface area contributed by atoms with Crippen molar-refractivity contribution in [3.8, 4) is 5.75 Å². The SMILES string of the molecule is COC(=O)C1=C(C)N=C(C)C(C=[NH2+])C1c1ccccc1OC(F)F. The highest BCUT2D eigenvalue weighted by Crippen LogP contribution is 2.42. The summed E-state index contributed by atoms with van der Waals surface area (Å²) in [5.74, 6) is -1.64. The first kappa shape index (κ1) is 17.8. The number of nitrogens with zero attached hydrogens (tertiary/aromatic N) is 1. The van der Waals surface area contributed by atoms with Gasteiger partial charge in [0.15, 0.2) is 0 Å². The van der Waals surface area contributed by atoms with E-state index in [1.807, 2.05) is 0 Å². The molecule has 0 saturated carbocycles. The first-order valence-electron chi connectivity index (χ1n) is 7.33. The van der Waals surface area contributed by atoms with Gasteiger partial charge in [-0.15, -0.1) is 0 Å². The van der Waals surface area contributed by atoms with Gasteiger partial charge in [-0.1, -0.05) is 18.2 Å². The Kier molecular flexibility index (Phi) is 5.43. The molecular weight excluding hydrogens is 318 g/mol. The fourth-order valence-corrected chi connectivity index (χ4v) is 2.97. The molecule has 24 heavy (non-hydrogen) atoms. The molecule has 0 amide bonds. The molecule has 5 nitrogen and oxygen atoms in total. The van der Waals surface area contributed by atoms with E-state index in [4.69, 9.17) is 10.1 Å². The number of methoxy groups -OCH3 is 1. The molecule has 0 radical (unpaired) electrons. The number of carbonyl (C=O) groups is 1. The second-order valence-electron chi connectivity index (χ2n) is 5.36. The lowest BCUT2D eigenvalue weighted by molar-refractivity contribution is -0.136. The molecule has 0 aromatic heterocycles. The van der Waals surface area contributed by atoms with Gasteiger partial charge < -0.3 is 9.47 Å². The summed E-state index contributed by atoms with van der Waals surface area (Å²) in [7, 11) is 1.26. The van der Waals surface area contributed by atoms with Gasteiger partial charge in [-0.05, 0) is 19.9 Å². The molecular formula is C17H19F2N2O3+. The lowest BCUT2D eigenvalue weighted by Gasteiger charge is -2.30. The van der Waals surface area contributed by atoms with Crippen molar-refractivity contribution in [2.45, 2.75) is 26.4 Å². The zero-order valence-corrected chi connectivity index (χ0v) is 13.6. The molecule has 1 aliphatic heterocycles. The third kappa shape index (κ3) is 3.34. The van der Waals surface area contributed by atoms with Gasteiger partial charge in [0.1, 0.15) is 12.0 Å². The number of ether oxygens (including phenoxy) is 2. The van der Waals surface area contributed by atoms with Crippen LogP contribution in [0.3, 0.4) is 0 Å². The number of alkyl halides is 2. The third-order valence-electron chi connectivity index (χ3n) is 3.97. The number of hydrogen-bond acceptors (Lipinski definition) is 4. The van der Waals surface area contributed by atoms with E-state index in [0.29, 0.717) is 17.0 Å². The molecule has 0 spiro atoms. The van der Waals surface area contributed by atoms with Crippen LogP contribution in [0.5, 0.6) is 5.75 Å². The lowest BCUT2D eigenvalue weighted by Crippen LogP contribution is -2.41. The zero-order valence-electron chi connectivity index (χ0n) is 13.6. The molecule has 1 heterocycles. The molecule has 1 aromatic rings. The normalized spacial score (nSPS) is 20.7. The van der Waals surface area contributed by atoms with E-state index in [9.17, 15) is 13.6 Å². The topological polar surface area (TPSA) is 73.5 Å². The highest BCUT2D eigenvalue weighted by Gasteiger charge is 2.39. The van der Waals surface area contributed by atoms with Gasteiger partial charge in [0.25, 0.3) is 0 Å². The van der Waals surface area contributed by atoms with Crippen LogP contribution in [-0.4, -0.2) is 31.6 Å². The van der Waals surface area contributed by atoms with Crippen molar-refractivity contribution in [3.63, 3.8) is 0 Å². The number of rotatable bonds is 5. The molecule has 2 unspecified atom stereocenters. The molecule has 0 fully saturated rings. The summed E-state index contributed by atoms with van der Waals surface area (Å²) in [6, 6.07) is 6.33. The first-order chi connectivity index (χ1) is 11.4. The molecule has 7 heteroatoms. The Bertz CT molecular complexity index is 714. The summed E-state index contributed by atoms with van der Waals surface area (Å²) in [4.78, 5) is 16.6. The molecule has 0 bridgehead atoms. The van der Waals surface area contributed by atoms with E-state index in [2.05, 4.69) is 9.73 Å². The summed E-state index contributed by atoms with van der Waals surface area (Å²) in [5.41, 5.74) is 1.85. The van der Waals surface area contributed by atoms with Crippen molar-refractivity contribution in [2.24, 2.45) is 10.9 Å². The van der Waals surface area contributed by atoms with Crippen LogP contribution >= 0.6 is 0 Å². The van der Waals surface area contributed by atoms with Crippen LogP contribution in [0.15, 0.2) is 40.5 Å². The Morgan fingerprint density at radius 3 is 2.58 bits per heavy atom. The van der Waals surface area contributed by atoms with E-state index in [0.717, 1.165) is 0 Å². The number of para-hydroxylation sites is 1. The largest absolute Gasteiger partial charge is 0.466 e. The maximum atomic E-state index is 12.7. The van der Waals surface area contributed by atoms with Gasteiger partial charge in [-0.3, -0.25) is 10.4 Å². The number of halogens is 2. The van der Waals surface area contributed by atoms with E-state index >= 15 is 0 Å². The standard InChI is InChI=1S/C17H18F2N2O3/c1-9-12(8-20)15(14(10(2)21-9)16(22)23-3)11-6-4-5-7-13(11)24-17(18)19/h4-8,12,15,17,20H,1-3H3/p+1. The van der Waals surface area contributed by atoms with Crippen molar-refractivity contribution in [2.75, 3.05) is 7.11 Å². The average Bonchev–Trinajstić information content (AvgIpc) is 2.53. The quantitative estimate of drug-likeness (QED) is 0.657. The molecule has 1 aromatic carbocycles. The minimum absolute atomic E-state index is 0.00625. The summed E-state index contributed by atoms with van der Waals surface area (Å²) in [6.45, 7) is 0.470. The van der Waals surface area contributed by atoms with E-state index < -0.39 is 24.4 Å². The average molecular weight is 337 g/mol. The first-order valence-corrected chi connectivity index (χ1v) is 7.33. The maximum Gasteiger partial charge on any atom is 0.387 e. The van der Waals surface area contributed by atoms with Gasteiger partial charge >= 0.3 is 12.6 Å². The van der Waals surface area contributed by atoms with Gasteiger partial charge in [0.05, 0.1) is 18.6 Å². The second kappa shape index (κ2) is 7.33. The Hall–Kier alpha value is -2.57. The predicted octanol–water partition coefficient (Wildman–Crippen LogP) is 1.74. The minimum atomic E-state index is -2.98. The van der Waals surface area contributed by atoms with Gasteiger partial charge in [-0.2, -0.15) is 8.78 Å². The smallest absolute Gasteiger partial charge is 0.387 e. The van der Waals surface area contributed by atoms with E-state index in [1.54, 1.807) is 32.0 Å². The van der Waals surface area contributed by atoms with Crippen molar-refractivity contribution in [3.05, 3.63) is 41.1 Å². The maximum absolute atomic E-state index is 12.7. The molecule has 2 rings (SSSR count). The van der Waals surface area contributed by atoms with Crippen LogP contribution < -0.4 is 10.1 Å². The molecule has 0 aliphatic carbocycles. The van der Waals surface area contributed by atoms with Crippen LogP contribution in [-0.2, 0) is 9.53 Å². The van der Waals surface area contributed by atoms with Crippen LogP contribution in [0.4, 0.5) is 8.78 Å². The third-order valence-corrected chi connectivity index (χ3v) is 3.97. The number of carbonyl (C=O) groups excluding carboxylic acids is 1. The molecule has 0 saturated heterocycles. The summed E-state index contributed by atoms with van der Waals surface area (Å²) >= 11 is 0. The summed E-state index contributed by atoms with van der Waals surface area (Å²) in [5, 5.41) is 5.75. The Morgan fingerprint density at radius 1 is 1.33 bits per heavy atom. The number of esters is 1. The van der Waals surface area contributed by atoms with Gasteiger partial charge in [-0.25, -0.2) is 4.79 Å². The number of aliphatic imine (C=N–C) groups is 1. The second-order valence-corrected chi connectivity index (χ2v) is 5.36. The fourth-order valence-electron chi connectivity index (χ4n) is 2.97.